The van der Waals surface area contributed by atoms with Gasteiger partial charge >= 0.3 is 0 Å². The lowest BCUT2D eigenvalue weighted by Gasteiger charge is -2.50. The average molecular weight is 268 g/mol. The normalized spacial score (nSPS) is 20.9. The highest BCUT2D eigenvalue weighted by Crippen LogP contribution is 2.61. The van der Waals surface area contributed by atoms with Crippen LogP contribution in [0.4, 0.5) is 0 Å². The first-order valence-electron chi connectivity index (χ1n) is 6.30. The van der Waals surface area contributed by atoms with Gasteiger partial charge in [0.05, 0.1) is 0 Å². The molecule has 1 saturated heterocycles. The number of benzene rings is 2. The summed E-state index contributed by atoms with van der Waals surface area (Å²) in [6, 6.07) is 21.1. The van der Waals surface area contributed by atoms with Crippen molar-refractivity contribution in [1.82, 2.24) is 0 Å². The van der Waals surface area contributed by atoms with Crippen LogP contribution in [0, 0.1) is 0 Å². The molecular weight excluding hydrogens is 252 g/mol. The van der Waals surface area contributed by atoms with Crippen LogP contribution >= 0.6 is 11.8 Å². The van der Waals surface area contributed by atoms with Gasteiger partial charge in [0.2, 0.25) is 0 Å². The maximum atomic E-state index is 5.70. The van der Waals surface area contributed by atoms with Crippen LogP contribution in [0.3, 0.4) is 0 Å². The molecule has 0 N–H and O–H groups in total. The van der Waals surface area contributed by atoms with E-state index in [1.165, 1.54) is 11.1 Å². The van der Waals surface area contributed by atoms with E-state index in [4.69, 9.17) is 4.74 Å². The molecule has 0 spiro atoms. The van der Waals surface area contributed by atoms with Crippen molar-refractivity contribution in [3.05, 3.63) is 83.3 Å². The second-order valence-corrected chi connectivity index (χ2v) is 6.02. The maximum absolute atomic E-state index is 5.70. The van der Waals surface area contributed by atoms with E-state index < -0.39 is 0 Å². The molecule has 0 amide bonds. The Kier molecular flexibility index (Phi) is 3.21. The molecule has 1 unspecified atom stereocenters. The van der Waals surface area contributed by atoms with Crippen molar-refractivity contribution in [2.45, 2.75) is 10.9 Å². The second-order valence-electron chi connectivity index (χ2n) is 4.65. The van der Waals surface area contributed by atoms with Gasteiger partial charge in [0.15, 0.2) is 0 Å². The molecule has 2 aromatic carbocycles. The van der Waals surface area contributed by atoms with Crippen LogP contribution in [0.25, 0.3) is 0 Å². The largest absolute Gasteiger partial charge is 0.374 e. The lowest BCUT2D eigenvalue weighted by atomic mass is 9.84. The van der Waals surface area contributed by atoms with E-state index in [0.717, 1.165) is 4.91 Å². The summed E-state index contributed by atoms with van der Waals surface area (Å²) >= 11 is 1.80. The molecule has 2 heteroatoms. The summed E-state index contributed by atoms with van der Waals surface area (Å²) in [5.74, 6) is 0. The third kappa shape index (κ3) is 1.83. The van der Waals surface area contributed by atoms with E-state index in [-0.39, 0.29) is 10.9 Å². The van der Waals surface area contributed by atoms with E-state index in [0.29, 0.717) is 0 Å². The highest BCUT2D eigenvalue weighted by molar-refractivity contribution is 8.06. The molecule has 1 heterocycles. The molecule has 2 aromatic rings. The molecule has 96 valence electrons. The first-order valence-corrected chi connectivity index (χ1v) is 7.12. The molecule has 1 atom stereocenters. The number of hydrogen-bond donors (Lipinski definition) is 0. The lowest BCUT2D eigenvalue weighted by molar-refractivity contribution is 0.104. The monoisotopic (exact) mass is 268 g/mol. The Morgan fingerprint density at radius 3 is 1.79 bits per heavy atom. The topological polar surface area (TPSA) is 9.23 Å². The van der Waals surface area contributed by atoms with Crippen molar-refractivity contribution in [2.75, 3.05) is 7.11 Å². The van der Waals surface area contributed by atoms with Gasteiger partial charge < -0.3 is 4.74 Å². The lowest BCUT2D eigenvalue weighted by Crippen LogP contribution is -2.47. The Morgan fingerprint density at radius 1 is 0.947 bits per heavy atom. The molecule has 19 heavy (non-hydrogen) atoms. The van der Waals surface area contributed by atoms with Gasteiger partial charge in [0.1, 0.15) is 10.9 Å². The smallest absolute Gasteiger partial charge is 0.111 e. The zero-order valence-electron chi connectivity index (χ0n) is 10.9. The average Bonchev–Trinajstić information content (AvgIpc) is 2.46. The van der Waals surface area contributed by atoms with Crippen LogP contribution in [0.15, 0.2) is 72.1 Å². The third-order valence-corrected chi connectivity index (χ3v) is 5.08. The van der Waals surface area contributed by atoms with Gasteiger partial charge in [0.25, 0.3) is 0 Å². The Hall–Kier alpha value is -1.51. The third-order valence-electron chi connectivity index (χ3n) is 3.59. The molecule has 1 aliphatic heterocycles. The number of methoxy groups -OCH3 is 1. The molecule has 1 aliphatic rings. The number of rotatable bonds is 3. The van der Waals surface area contributed by atoms with Gasteiger partial charge in [-0.05, 0) is 11.1 Å². The summed E-state index contributed by atoms with van der Waals surface area (Å²) < 4.78 is 5.54. The Labute approximate surface area is 118 Å². The number of ether oxygens (including phenoxy) is 1. The van der Waals surface area contributed by atoms with Crippen molar-refractivity contribution < 1.29 is 4.74 Å². The van der Waals surface area contributed by atoms with Crippen LogP contribution in [0.1, 0.15) is 11.1 Å². The van der Waals surface area contributed by atoms with E-state index in [9.17, 15) is 0 Å². The van der Waals surface area contributed by atoms with Crippen molar-refractivity contribution >= 4 is 11.8 Å². The fourth-order valence-electron chi connectivity index (χ4n) is 2.74. The molecular formula is C17H16OS. The highest BCUT2D eigenvalue weighted by Gasteiger charge is 2.53. The molecule has 0 aromatic heterocycles. The Bertz CT molecular complexity index is 537. The first-order chi connectivity index (χ1) is 9.29. The molecule has 0 bridgehead atoms. The second kappa shape index (κ2) is 4.87. The minimum absolute atomic E-state index is 0.0299. The Morgan fingerprint density at radius 2 is 1.42 bits per heavy atom. The zero-order chi connectivity index (χ0) is 13.3. The van der Waals surface area contributed by atoms with Gasteiger partial charge in [0, 0.05) is 12.0 Å². The molecule has 0 radical (unpaired) electrons. The molecule has 1 nitrogen and oxygen atoms in total. The fraction of sp³-hybridized carbons (Fsp3) is 0.176. The fourth-order valence-corrected chi connectivity index (χ4v) is 4.20. The van der Waals surface area contributed by atoms with Crippen LogP contribution in [-0.4, -0.2) is 13.2 Å². The van der Waals surface area contributed by atoms with E-state index in [1.807, 2.05) is 12.1 Å². The SMILES string of the molecule is C=C1SC(c2ccccc2)(c2ccccc2)C1OC. The van der Waals surface area contributed by atoms with E-state index in [1.54, 1.807) is 18.9 Å². The summed E-state index contributed by atoms with van der Waals surface area (Å²) in [5, 5.41) is 0. The standard InChI is InChI=1S/C17H16OS/c1-13-16(18-2)17(19-13,14-9-5-3-6-10-14)15-11-7-4-8-12-15/h3-12,16H,1H2,2H3. The number of hydrogen-bond acceptors (Lipinski definition) is 2. The van der Waals surface area contributed by atoms with Gasteiger partial charge in [-0.15, -0.1) is 11.8 Å². The minimum Gasteiger partial charge on any atom is -0.374 e. The molecule has 0 aliphatic carbocycles. The molecule has 1 fully saturated rings. The summed E-state index contributed by atoms with van der Waals surface area (Å²) in [7, 11) is 1.76. The maximum Gasteiger partial charge on any atom is 0.111 e. The van der Waals surface area contributed by atoms with E-state index >= 15 is 0 Å². The van der Waals surface area contributed by atoms with Crippen molar-refractivity contribution in [1.29, 1.82) is 0 Å². The van der Waals surface area contributed by atoms with Crippen molar-refractivity contribution in [2.24, 2.45) is 0 Å². The van der Waals surface area contributed by atoms with Crippen molar-refractivity contribution in [3.63, 3.8) is 0 Å². The predicted molar refractivity (Wildman–Crippen MR) is 81.2 cm³/mol. The van der Waals surface area contributed by atoms with Gasteiger partial charge in [-0.25, -0.2) is 0 Å². The van der Waals surface area contributed by atoms with Gasteiger partial charge in [-0.1, -0.05) is 67.2 Å². The van der Waals surface area contributed by atoms with Crippen LogP contribution in [-0.2, 0) is 9.48 Å². The van der Waals surface area contributed by atoms with Crippen LogP contribution in [0.2, 0.25) is 0 Å². The summed E-state index contributed by atoms with van der Waals surface area (Å²) in [6.45, 7) is 4.10. The summed E-state index contributed by atoms with van der Waals surface area (Å²) in [6.07, 6.45) is 0.0299. The van der Waals surface area contributed by atoms with Crippen molar-refractivity contribution in [3.8, 4) is 0 Å². The molecule has 3 rings (SSSR count). The van der Waals surface area contributed by atoms with Crippen LogP contribution in [0.5, 0.6) is 0 Å². The molecule has 0 saturated carbocycles. The van der Waals surface area contributed by atoms with Gasteiger partial charge in [-0.3, -0.25) is 0 Å². The highest BCUT2D eigenvalue weighted by atomic mass is 32.2. The Balaban J connectivity index is 2.16. The van der Waals surface area contributed by atoms with E-state index in [2.05, 4.69) is 55.1 Å². The van der Waals surface area contributed by atoms with Crippen LogP contribution < -0.4 is 0 Å². The number of thioether (sulfide) groups is 1. The van der Waals surface area contributed by atoms with Gasteiger partial charge in [-0.2, -0.15) is 0 Å². The zero-order valence-corrected chi connectivity index (χ0v) is 11.7. The summed E-state index contributed by atoms with van der Waals surface area (Å²) in [5.41, 5.74) is 2.54. The first kappa shape index (κ1) is 12.5. The summed E-state index contributed by atoms with van der Waals surface area (Å²) in [4.78, 5) is 1.09. The quantitative estimate of drug-likeness (QED) is 0.825. The predicted octanol–water partition coefficient (Wildman–Crippen LogP) is 4.21. The minimum atomic E-state index is -0.158.